The number of thiazole rings is 1. The summed E-state index contributed by atoms with van der Waals surface area (Å²) >= 11 is -0.0464. The van der Waals surface area contributed by atoms with Gasteiger partial charge in [-0.2, -0.15) is 26.3 Å². The highest BCUT2D eigenvalue weighted by molar-refractivity contribution is 7.15. The molecule has 30 heavy (non-hydrogen) atoms. The van der Waals surface area contributed by atoms with Gasteiger partial charge in [0.25, 0.3) is 5.60 Å². The fourth-order valence-electron chi connectivity index (χ4n) is 2.46. The van der Waals surface area contributed by atoms with Gasteiger partial charge in [-0.1, -0.05) is 37.3 Å². The summed E-state index contributed by atoms with van der Waals surface area (Å²) in [6, 6.07) is 6.37. The van der Waals surface area contributed by atoms with E-state index in [4.69, 9.17) is 4.74 Å². The molecule has 166 valence electrons. The van der Waals surface area contributed by atoms with Crippen LogP contribution in [0.4, 0.5) is 31.5 Å². The maximum atomic E-state index is 13.1. The normalized spacial score (nSPS) is 12.9. The Morgan fingerprint density at radius 1 is 1.13 bits per heavy atom. The summed E-state index contributed by atoms with van der Waals surface area (Å²) in [5, 5.41) is 9.15. The van der Waals surface area contributed by atoms with E-state index in [0.717, 1.165) is 4.90 Å². The molecule has 1 aromatic carbocycles. The summed E-state index contributed by atoms with van der Waals surface area (Å²) < 4.78 is 83.7. The lowest BCUT2D eigenvalue weighted by molar-refractivity contribution is -0.375. The third-order valence-corrected chi connectivity index (χ3v) is 5.29. The minimum absolute atomic E-state index is 0.0464. The number of aromatic nitrogens is 1. The molecule has 0 atom stereocenters. The van der Waals surface area contributed by atoms with Crippen molar-refractivity contribution in [3.8, 4) is 5.75 Å². The third kappa shape index (κ3) is 4.53. The summed E-state index contributed by atoms with van der Waals surface area (Å²) in [6.45, 7) is 2.91. The molecule has 0 aliphatic heterocycles. The third-order valence-electron chi connectivity index (χ3n) is 4.16. The van der Waals surface area contributed by atoms with Gasteiger partial charge in [-0.3, -0.25) is 9.69 Å². The molecule has 12 heteroatoms. The SMILES string of the molecule is COc1ccc(CN(C(=O)C(C)C)c2ncc(C(O)(C(F)(F)F)C(F)(F)F)s2)cc1. The summed E-state index contributed by atoms with van der Waals surface area (Å²) in [5.41, 5.74) is -4.55. The lowest BCUT2D eigenvalue weighted by Crippen LogP contribution is -2.53. The number of carbonyl (C=O) groups excluding carboxylic acids is 1. The Morgan fingerprint density at radius 2 is 1.67 bits per heavy atom. The van der Waals surface area contributed by atoms with Crippen LogP contribution < -0.4 is 9.64 Å². The van der Waals surface area contributed by atoms with Crippen molar-refractivity contribution in [1.29, 1.82) is 0 Å². The van der Waals surface area contributed by atoms with Crippen molar-refractivity contribution >= 4 is 22.4 Å². The standard InChI is InChI=1S/C18H18F6N2O3S/c1-10(2)14(27)26(9-11-4-6-12(29-3)7-5-11)15-25-8-13(30-15)16(28,17(19,20)21)18(22,23)24/h4-8,10,28H,9H2,1-3H3. The zero-order valence-electron chi connectivity index (χ0n) is 16.0. The summed E-state index contributed by atoms with van der Waals surface area (Å²) in [7, 11) is 1.45. The molecule has 0 fully saturated rings. The molecular formula is C18H18F6N2O3S. The molecule has 0 saturated carbocycles. The number of amides is 1. The molecule has 0 spiro atoms. The molecule has 1 aromatic heterocycles. The van der Waals surface area contributed by atoms with E-state index in [1.165, 1.54) is 21.0 Å². The van der Waals surface area contributed by atoms with Crippen LogP contribution in [0.15, 0.2) is 30.5 Å². The maximum Gasteiger partial charge on any atom is 0.431 e. The van der Waals surface area contributed by atoms with Gasteiger partial charge >= 0.3 is 12.4 Å². The summed E-state index contributed by atoms with van der Waals surface area (Å²) in [4.78, 5) is 15.7. The molecule has 0 unspecified atom stereocenters. The van der Waals surface area contributed by atoms with Crippen molar-refractivity contribution in [2.45, 2.75) is 38.3 Å². The number of methoxy groups -OCH3 is 1. The highest BCUT2D eigenvalue weighted by atomic mass is 32.1. The molecule has 2 rings (SSSR count). The first-order valence-electron chi connectivity index (χ1n) is 8.48. The number of ether oxygens (including phenoxy) is 1. The Morgan fingerprint density at radius 3 is 2.10 bits per heavy atom. The first-order chi connectivity index (χ1) is 13.7. The fraction of sp³-hybridized carbons (Fsp3) is 0.444. The van der Waals surface area contributed by atoms with E-state index in [9.17, 15) is 36.2 Å². The minimum atomic E-state index is -6.03. The number of carbonyl (C=O) groups is 1. The van der Waals surface area contributed by atoms with Crippen LogP contribution in [-0.2, 0) is 16.9 Å². The Hall–Kier alpha value is -2.34. The average molecular weight is 456 g/mol. The fourth-order valence-corrected chi connectivity index (χ4v) is 3.51. The van der Waals surface area contributed by atoms with Gasteiger partial charge < -0.3 is 9.84 Å². The maximum absolute atomic E-state index is 13.1. The number of nitrogens with zero attached hydrogens (tertiary/aromatic N) is 2. The number of benzene rings is 1. The molecule has 0 aliphatic rings. The van der Waals surface area contributed by atoms with Gasteiger partial charge in [-0.15, -0.1) is 0 Å². The predicted octanol–water partition coefficient (Wildman–Crippen LogP) is 4.65. The van der Waals surface area contributed by atoms with Gasteiger partial charge in [-0.05, 0) is 17.7 Å². The van der Waals surface area contributed by atoms with Crippen molar-refractivity contribution in [2.75, 3.05) is 12.0 Å². The van der Waals surface area contributed by atoms with Crippen LogP contribution in [0, 0.1) is 5.92 Å². The second-order valence-electron chi connectivity index (χ2n) is 6.64. The number of alkyl halides is 6. The monoisotopic (exact) mass is 456 g/mol. The van der Waals surface area contributed by atoms with Crippen molar-refractivity contribution in [2.24, 2.45) is 5.92 Å². The number of rotatable bonds is 6. The molecule has 1 heterocycles. The average Bonchev–Trinajstić information content (AvgIpc) is 3.13. The van der Waals surface area contributed by atoms with E-state index in [2.05, 4.69) is 4.98 Å². The topological polar surface area (TPSA) is 62.7 Å². The molecule has 2 aromatic rings. The number of hydrogen-bond acceptors (Lipinski definition) is 5. The van der Waals surface area contributed by atoms with E-state index < -0.39 is 39.8 Å². The van der Waals surface area contributed by atoms with Crippen LogP contribution in [0.3, 0.4) is 0 Å². The number of aliphatic hydroxyl groups is 1. The van der Waals surface area contributed by atoms with E-state index >= 15 is 0 Å². The Bertz CT molecular complexity index is 863. The van der Waals surface area contributed by atoms with Gasteiger partial charge in [-0.25, -0.2) is 4.98 Å². The first-order valence-corrected chi connectivity index (χ1v) is 9.30. The van der Waals surface area contributed by atoms with Crippen LogP contribution >= 0.6 is 11.3 Å². The van der Waals surface area contributed by atoms with Crippen LogP contribution in [0.5, 0.6) is 5.75 Å². The van der Waals surface area contributed by atoms with E-state index in [1.807, 2.05) is 0 Å². The molecule has 5 nitrogen and oxygen atoms in total. The predicted molar refractivity (Wildman–Crippen MR) is 97.1 cm³/mol. The second-order valence-corrected chi connectivity index (χ2v) is 7.65. The molecule has 0 aliphatic carbocycles. The van der Waals surface area contributed by atoms with Crippen LogP contribution in [-0.4, -0.2) is 35.5 Å². The number of hydrogen-bond donors (Lipinski definition) is 1. The highest BCUT2D eigenvalue weighted by Crippen LogP contribution is 2.52. The summed E-state index contributed by atoms with van der Waals surface area (Å²) in [5.74, 6) is -0.647. The first kappa shape index (κ1) is 23.9. The zero-order chi connectivity index (χ0) is 22.9. The smallest absolute Gasteiger partial charge is 0.431 e. The number of halogens is 6. The Balaban J connectivity index is 2.48. The van der Waals surface area contributed by atoms with E-state index in [0.29, 0.717) is 11.3 Å². The molecule has 1 N–H and O–H groups in total. The minimum Gasteiger partial charge on any atom is -0.497 e. The van der Waals surface area contributed by atoms with Gasteiger partial charge in [0.05, 0.1) is 18.5 Å². The largest absolute Gasteiger partial charge is 0.497 e. The molecule has 0 saturated heterocycles. The van der Waals surface area contributed by atoms with Gasteiger partial charge in [0.2, 0.25) is 5.91 Å². The van der Waals surface area contributed by atoms with E-state index in [-0.39, 0.29) is 24.1 Å². The van der Waals surface area contributed by atoms with Crippen LogP contribution in [0.2, 0.25) is 0 Å². The van der Waals surface area contributed by atoms with E-state index in [1.54, 1.807) is 24.3 Å². The Kier molecular flexibility index (Phi) is 6.72. The van der Waals surface area contributed by atoms with Crippen LogP contribution in [0.25, 0.3) is 0 Å². The quantitative estimate of drug-likeness (QED) is 0.643. The van der Waals surface area contributed by atoms with Crippen molar-refractivity contribution in [1.82, 2.24) is 4.98 Å². The summed E-state index contributed by atoms with van der Waals surface area (Å²) in [6.07, 6.45) is -11.8. The van der Waals surface area contributed by atoms with Crippen molar-refractivity contribution < 1.29 is 41.0 Å². The van der Waals surface area contributed by atoms with Gasteiger partial charge in [0.1, 0.15) is 5.75 Å². The lowest BCUT2D eigenvalue weighted by Gasteiger charge is -2.31. The molecule has 1 amide bonds. The molecular weight excluding hydrogens is 438 g/mol. The van der Waals surface area contributed by atoms with Crippen molar-refractivity contribution in [3.05, 3.63) is 40.9 Å². The van der Waals surface area contributed by atoms with Crippen molar-refractivity contribution in [3.63, 3.8) is 0 Å². The van der Waals surface area contributed by atoms with Gasteiger partial charge in [0.15, 0.2) is 5.13 Å². The highest BCUT2D eigenvalue weighted by Gasteiger charge is 2.72. The number of anilines is 1. The Labute approximate surface area is 171 Å². The lowest BCUT2D eigenvalue weighted by atomic mass is 10.0. The molecule has 0 radical (unpaired) electrons. The second kappa shape index (κ2) is 8.42. The zero-order valence-corrected chi connectivity index (χ0v) is 16.8. The van der Waals surface area contributed by atoms with Crippen LogP contribution in [0.1, 0.15) is 24.3 Å². The van der Waals surface area contributed by atoms with Gasteiger partial charge in [0, 0.05) is 12.1 Å². The molecule has 0 bridgehead atoms.